The van der Waals surface area contributed by atoms with Crippen LogP contribution in [0.2, 0.25) is 0 Å². The third-order valence-corrected chi connectivity index (χ3v) is 3.64. The number of amides is 1. The van der Waals surface area contributed by atoms with Crippen LogP contribution in [-0.2, 0) is 16.1 Å². The molecule has 0 saturated carbocycles. The van der Waals surface area contributed by atoms with Crippen molar-refractivity contribution in [1.29, 1.82) is 0 Å². The second kappa shape index (κ2) is 6.83. The molecule has 0 saturated heterocycles. The Morgan fingerprint density at radius 1 is 1.04 bits per heavy atom. The molecular weight excluding hydrogens is 304 g/mol. The van der Waals surface area contributed by atoms with Gasteiger partial charge in [-0.25, -0.2) is 4.79 Å². The number of benzene rings is 2. The standard InChI is InChI=1S/C19H16N2O3/c22-18(13-21-12-4-7-15(21)10-11-19(23)24)20-17-9-3-6-14-5-1-2-8-16(14)17/h1-12H,13H2,(H,20,22)(H,23,24)/b11-10+. The fourth-order valence-corrected chi connectivity index (χ4v) is 2.56. The molecule has 1 heterocycles. The molecular formula is C19H16N2O3. The lowest BCUT2D eigenvalue weighted by molar-refractivity contribution is -0.131. The van der Waals surface area contributed by atoms with Gasteiger partial charge in [0.2, 0.25) is 5.91 Å². The highest BCUT2D eigenvalue weighted by atomic mass is 16.4. The largest absolute Gasteiger partial charge is 0.478 e. The first-order valence-electron chi connectivity index (χ1n) is 7.47. The van der Waals surface area contributed by atoms with E-state index in [0.29, 0.717) is 5.69 Å². The van der Waals surface area contributed by atoms with Crippen LogP contribution in [0, 0.1) is 0 Å². The highest BCUT2D eigenvalue weighted by molar-refractivity contribution is 6.02. The van der Waals surface area contributed by atoms with Gasteiger partial charge in [-0.05, 0) is 29.7 Å². The summed E-state index contributed by atoms with van der Waals surface area (Å²) in [7, 11) is 0. The van der Waals surface area contributed by atoms with Gasteiger partial charge >= 0.3 is 5.97 Å². The number of aromatic nitrogens is 1. The minimum atomic E-state index is -1.03. The van der Waals surface area contributed by atoms with Gasteiger partial charge in [0.05, 0.1) is 0 Å². The number of carbonyl (C=O) groups excluding carboxylic acids is 1. The zero-order valence-corrected chi connectivity index (χ0v) is 12.8. The van der Waals surface area contributed by atoms with E-state index < -0.39 is 5.97 Å². The first kappa shape index (κ1) is 15.6. The summed E-state index contributed by atoms with van der Waals surface area (Å²) in [6.45, 7) is 0.107. The van der Waals surface area contributed by atoms with Crippen LogP contribution in [0.4, 0.5) is 5.69 Å². The summed E-state index contributed by atoms with van der Waals surface area (Å²) in [5, 5.41) is 13.7. The molecule has 2 N–H and O–H groups in total. The molecule has 0 unspecified atom stereocenters. The second-order valence-corrected chi connectivity index (χ2v) is 5.31. The molecule has 0 spiro atoms. The Bertz CT molecular complexity index is 920. The normalized spacial score (nSPS) is 11.0. The van der Waals surface area contributed by atoms with Crippen molar-refractivity contribution in [2.24, 2.45) is 0 Å². The Labute approximate surface area is 138 Å². The fraction of sp³-hybridized carbons (Fsp3) is 0.0526. The molecule has 0 aliphatic heterocycles. The van der Waals surface area contributed by atoms with E-state index in [-0.39, 0.29) is 12.5 Å². The minimum absolute atomic E-state index is 0.107. The van der Waals surface area contributed by atoms with Crippen molar-refractivity contribution in [2.75, 3.05) is 5.32 Å². The molecule has 2 aromatic carbocycles. The van der Waals surface area contributed by atoms with Crippen LogP contribution in [0.15, 0.2) is 66.9 Å². The average Bonchev–Trinajstić information content (AvgIpc) is 3.00. The maximum absolute atomic E-state index is 12.3. The minimum Gasteiger partial charge on any atom is -0.478 e. The van der Waals surface area contributed by atoms with Crippen LogP contribution in [0.3, 0.4) is 0 Å². The van der Waals surface area contributed by atoms with Crippen LogP contribution < -0.4 is 5.32 Å². The first-order chi connectivity index (χ1) is 11.6. The summed E-state index contributed by atoms with van der Waals surface area (Å²) < 4.78 is 1.69. The Hall–Kier alpha value is -3.34. The topological polar surface area (TPSA) is 71.3 Å². The molecule has 0 fully saturated rings. The average molecular weight is 320 g/mol. The van der Waals surface area contributed by atoms with Gasteiger partial charge in [-0.2, -0.15) is 0 Å². The number of nitrogens with one attached hydrogen (secondary N) is 1. The SMILES string of the molecule is O=C(O)/C=C/c1cccn1CC(=O)Nc1cccc2ccccc12. The number of fused-ring (bicyclic) bond motifs is 1. The lowest BCUT2D eigenvalue weighted by atomic mass is 10.1. The molecule has 1 amide bonds. The zero-order valence-electron chi connectivity index (χ0n) is 12.8. The number of hydrogen-bond donors (Lipinski definition) is 2. The molecule has 0 bridgehead atoms. The Morgan fingerprint density at radius 2 is 1.83 bits per heavy atom. The van der Waals surface area contributed by atoms with Gasteiger partial charge in [0.25, 0.3) is 0 Å². The summed E-state index contributed by atoms with van der Waals surface area (Å²) >= 11 is 0. The van der Waals surface area contributed by atoms with Crippen molar-refractivity contribution in [3.8, 4) is 0 Å². The Kier molecular flexibility index (Phi) is 4.43. The van der Waals surface area contributed by atoms with Crippen molar-refractivity contribution < 1.29 is 14.7 Å². The van der Waals surface area contributed by atoms with Crippen molar-refractivity contribution >= 4 is 34.4 Å². The van der Waals surface area contributed by atoms with Gasteiger partial charge in [-0.1, -0.05) is 36.4 Å². The van der Waals surface area contributed by atoms with Crippen molar-refractivity contribution in [3.05, 3.63) is 72.6 Å². The number of carbonyl (C=O) groups is 2. The lowest BCUT2D eigenvalue weighted by Gasteiger charge is -2.10. The van der Waals surface area contributed by atoms with Crippen LogP contribution >= 0.6 is 0 Å². The van der Waals surface area contributed by atoms with E-state index in [2.05, 4.69) is 5.32 Å². The van der Waals surface area contributed by atoms with Crippen molar-refractivity contribution in [2.45, 2.75) is 6.54 Å². The number of aliphatic carboxylic acids is 1. The van der Waals surface area contributed by atoms with E-state index in [1.54, 1.807) is 22.9 Å². The van der Waals surface area contributed by atoms with E-state index in [4.69, 9.17) is 5.11 Å². The third kappa shape index (κ3) is 3.52. The highest BCUT2D eigenvalue weighted by Crippen LogP contribution is 2.23. The Balaban J connectivity index is 1.77. The molecule has 120 valence electrons. The highest BCUT2D eigenvalue weighted by Gasteiger charge is 2.08. The third-order valence-electron chi connectivity index (χ3n) is 3.64. The molecule has 0 aliphatic rings. The molecule has 0 aliphatic carbocycles. The van der Waals surface area contributed by atoms with E-state index in [0.717, 1.165) is 22.5 Å². The van der Waals surface area contributed by atoms with Crippen LogP contribution in [0.25, 0.3) is 16.8 Å². The molecule has 24 heavy (non-hydrogen) atoms. The van der Waals surface area contributed by atoms with Crippen LogP contribution in [0.1, 0.15) is 5.69 Å². The van der Waals surface area contributed by atoms with Gasteiger partial charge in [-0.3, -0.25) is 4.79 Å². The van der Waals surface area contributed by atoms with Gasteiger partial charge in [0.15, 0.2) is 0 Å². The maximum Gasteiger partial charge on any atom is 0.328 e. The summed E-state index contributed by atoms with van der Waals surface area (Å²) in [4.78, 5) is 23.0. The zero-order chi connectivity index (χ0) is 16.9. The summed E-state index contributed by atoms with van der Waals surface area (Å²) in [5.41, 5.74) is 1.42. The van der Waals surface area contributed by atoms with E-state index in [9.17, 15) is 9.59 Å². The van der Waals surface area contributed by atoms with Crippen LogP contribution in [0.5, 0.6) is 0 Å². The van der Waals surface area contributed by atoms with Gasteiger partial charge in [-0.15, -0.1) is 0 Å². The summed E-state index contributed by atoms with van der Waals surface area (Å²) in [5.74, 6) is -1.20. The number of anilines is 1. The number of hydrogen-bond acceptors (Lipinski definition) is 2. The molecule has 5 nitrogen and oxygen atoms in total. The monoisotopic (exact) mass is 320 g/mol. The summed E-state index contributed by atoms with van der Waals surface area (Å²) in [6, 6.07) is 17.1. The lowest BCUT2D eigenvalue weighted by Crippen LogP contribution is -2.19. The van der Waals surface area contributed by atoms with Crippen molar-refractivity contribution in [1.82, 2.24) is 4.57 Å². The molecule has 3 rings (SSSR count). The second-order valence-electron chi connectivity index (χ2n) is 5.31. The fourth-order valence-electron chi connectivity index (χ4n) is 2.56. The Morgan fingerprint density at radius 3 is 2.67 bits per heavy atom. The smallest absolute Gasteiger partial charge is 0.328 e. The quantitative estimate of drug-likeness (QED) is 0.708. The number of carboxylic acids is 1. The van der Waals surface area contributed by atoms with Gasteiger partial charge in [0, 0.05) is 29.0 Å². The predicted molar refractivity (Wildman–Crippen MR) is 93.7 cm³/mol. The van der Waals surface area contributed by atoms with E-state index >= 15 is 0 Å². The molecule has 5 heteroatoms. The maximum atomic E-state index is 12.3. The van der Waals surface area contributed by atoms with E-state index in [1.807, 2.05) is 42.5 Å². The first-order valence-corrected chi connectivity index (χ1v) is 7.47. The van der Waals surface area contributed by atoms with Gasteiger partial charge in [0.1, 0.15) is 6.54 Å². The van der Waals surface area contributed by atoms with Crippen molar-refractivity contribution in [3.63, 3.8) is 0 Å². The number of carboxylic acid groups (broad SMARTS) is 1. The predicted octanol–water partition coefficient (Wildman–Crippen LogP) is 3.38. The molecule has 0 radical (unpaired) electrons. The number of rotatable bonds is 5. The molecule has 1 aromatic heterocycles. The van der Waals surface area contributed by atoms with E-state index in [1.165, 1.54) is 6.08 Å². The van der Waals surface area contributed by atoms with Crippen LogP contribution in [-0.4, -0.2) is 21.6 Å². The number of nitrogens with zero attached hydrogens (tertiary/aromatic N) is 1. The van der Waals surface area contributed by atoms with Gasteiger partial charge < -0.3 is 15.0 Å². The summed E-state index contributed by atoms with van der Waals surface area (Å²) in [6.07, 6.45) is 4.26. The molecule has 3 aromatic rings. The molecule has 0 atom stereocenters.